The molecule has 0 bridgehead atoms. The van der Waals surface area contributed by atoms with Crippen molar-refractivity contribution in [3.05, 3.63) is 46.2 Å². The van der Waals surface area contributed by atoms with Crippen LogP contribution < -0.4 is 10.6 Å². The standard InChI is InChI=1S/C19H23N3O2S/c1-13-15(6-3-7-16(13)21-14(2)23)20-12-19(24)22-10-4-8-17(22)18-9-5-11-25-18/h3,5-7,9,11,17,20H,4,8,10,12H2,1-2H3,(H,21,23). The number of hydrogen-bond donors (Lipinski definition) is 2. The average Bonchev–Trinajstić information content (AvgIpc) is 3.25. The molecular formula is C19H23N3O2S. The molecular weight excluding hydrogens is 334 g/mol. The molecule has 1 aromatic heterocycles. The van der Waals surface area contributed by atoms with Crippen molar-refractivity contribution in [3.8, 4) is 0 Å². The average molecular weight is 357 g/mol. The van der Waals surface area contributed by atoms with Gasteiger partial charge in [0.25, 0.3) is 0 Å². The Kier molecular flexibility index (Phi) is 5.38. The third kappa shape index (κ3) is 4.02. The number of likely N-dealkylation sites (tertiary alicyclic amines) is 1. The molecule has 0 spiro atoms. The second-order valence-corrected chi connectivity index (χ2v) is 7.25. The van der Waals surface area contributed by atoms with Crippen molar-refractivity contribution >= 4 is 34.5 Å². The van der Waals surface area contributed by atoms with Crippen molar-refractivity contribution in [2.45, 2.75) is 32.7 Å². The molecule has 0 radical (unpaired) electrons. The van der Waals surface area contributed by atoms with Crippen LogP contribution in [0, 0.1) is 6.92 Å². The number of thiophene rings is 1. The fourth-order valence-electron chi connectivity index (χ4n) is 3.27. The molecule has 1 aliphatic rings. The molecule has 1 fully saturated rings. The molecule has 1 aromatic carbocycles. The lowest BCUT2D eigenvalue weighted by Crippen LogP contribution is -2.35. The molecule has 0 saturated carbocycles. The third-order valence-electron chi connectivity index (χ3n) is 4.52. The third-order valence-corrected chi connectivity index (χ3v) is 5.49. The molecule has 2 aromatic rings. The minimum absolute atomic E-state index is 0.104. The van der Waals surface area contributed by atoms with Crippen molar-refractivity contribution in [1.29, 1.82) is 0 Å². The summed E-state index contributed by atoms with van der Waals surface area (Å²) in [6.07, 6.45) is 2.08. The topological polar surface area (TPSA) is 61.4 Å². The van der Waals surface area contributed by atoms with E-state index in [0.717, 1.165) is 36.3 Å². The van der Waals surface area contributed by atoms with Gasteiger partial charge in [0.2, 0.25) is 11.8 Å². The Morgan fingerprint density at radius 3 is 2.76 bits per heavy atom. The van der Waals surface area contributed by atoms with Gasteiger partial charge in [-0.25, -0.2) is 0 Å². The number of hydrogen-bond acceptors (Lipinski definition) is 4. The first-order valence-corrected chi connectivity index (χ1v) is 9.38. The van der Waals surface area contributed by atoms with Gasteiger partial charge in [-0.05, 0) is 48.9 Å². The van der Waals surface area contributed by atoms with Crippen molar-refractivity contribution in [2.75, 3.05) is 23.7 Å². The fourth-order valence-corrected chi connectivity index (χ4v) is 4.14. The molecule has 132 valence electrons. The van der Waals surface area contributed by atoms with Crippen LogP contribution in [0.5, 0.6) is 0 Å². The van der Waals surface area contributed by atoms with Crippen LogP contribution in [0.4, 0.5) is 11.4 Å². The van der Waals surface area contributed by atoms with Crippen LogP contribution in [-0.2, 0) is 9.59 Å². The molecule has 2 amide bonds. The van der Waals surface area contributed by atoms with E-state index in [1.54, 1.807) is 11.3 Å². The SMILES string of the molecule is CC(=O)Nc1cccc(NCC(=O)N2CCCC2c2cccs2)c1C. The molecule has 2 heterocycles. The number of rotatable bonds is 5. The number of nitrogens with one attached hydrogen (secondary N) is 2. The van der Waals surface area contributed by atoms with E-state index in [2.05, 4.69) is 22.1 Å². The van der Waals surface area contributed by atoms with Gasteiger partial charge >= 0.3 is 0 Å². The van der Waals surface area contributed by atoms with Crippen molar-refractivity contribution in [3.63, 3.8) is 0 Å². The Morgan fingerprint density at radius 1 is 1.24 bits per heavy atom. The van der Waals surface area contributed by atoms with E-state index in [1.807, 2.05) is 36.1 Å². The summed E-state index contributed by atoms with van der Waals surface area (Å²) in [7, 11) is 0. The Labute approximate surface area is 152 Å². The monoisotopic (exact) mass is 357 g/mol. The van der Waals surface area contributed by atoms with Gasteiger partial charge in [0.15, 0.2) is 0 Å². The summed E-state index contributed by atoms with van der Waals surface area (Å²) in [5.74, 6) is 0.00686. The fraction of sp³-hybridized carbons (Fsp3) is 0.368. The van der Waals surface area contributed by atoms with E-state index < -0.39 is 0 Å². The molecule has 6 heteroatoms. The quantitative estimate of drug-likeness (QED) is 0.856. The number of nitrogens with zero attached hydrogens (tertiary/aromatic N) is 1. The van der Waals surface area contributed by atoms with Crippen LogP contribution in [0.15, 0.2) is 35.7 Å². The number of benzene rings is 1. The second kappa shape index (κ2) is 7.70. The van der Waals surface area contributed by atoms with Gasteiger partial charge in [-0.3, -0.25) is 9.59 Å². The summed E-state index contributed by atoms with van der Waals surface area (Å²) >= 11 is 1.71. The molecule has 1 aliphatic heterocycles. The van der Waals surface area contributed by atoms with Crippen molar-refractivity contribution < 1.29 is 9.59 Å². The number of anilines is 2. The van der Waals surface area contributed by atoms with Gasteiger partial charge in [0, 0.05) is 29.7 Å². The summed E-state index contributed by atoms with van der Waals surface area (Å²) in [5, 5.41) is 8.10. The number of amides is 2. The first-order chi connectivity index (χ1) is 12.1. The Bertz CT molecular complexity index is 758. The molecule has 0 aliphatic carbocycles. The van der Waals surface area contributed by atoms with Gasteiger partial charge in [0.1, 0.15) is 0 Å². The summed E-state index contributed by atoms with van der Waals surface area (Å²) < 4.78 is 0. The molecule has 1 saturated heterocycles. The minimum Gasteiger partial charge on any atom is -0.376 e. The Balaban J connectivity index is 1.65. The second-order valence-electron chi connectivity index (χ2n) is 6.27. The van der Waals surface area contributed by atoms with E-state index in [9.17, 15) is 9.59 Å². The van der Waals surface area contributed by atoms with Gasteiger partial charge in [-0.1, -0.05) is 12.1 Å². The first-order valence-electron chi connectivity index (χ1n) is 8.50. The maximum Gasteiger partial charge on any atom is 0.242 e. The van der Waals surface area contributed by atoms with Gasteiger partial charge in [0.05, 0.1) is 12.6 Å². The number of carbonyl (C=O) groups is 2. The van der Waals surface area contributed by atoms with E-state index in [0.29, 0.717) is 0 Å². The highest BCUT2D eigenvalue weighted by atomic mass is 32.1. The van der Waals surface area contributed by atoms with Crippen LogP contribution in [0.3, 0.4) is 0 Å². The smallest absolute Gasteiger partial charge is 0.242 e. The zero-order valence-electron chi connectivity index (χ0n) is 14.5. The Morgan fingerprint density at radius 2 is 2.04 bits per heavy atom. The lowest BCUT2D eigenvalue weighted by molar-refractivity contribution is -0.130. The summed E-state index contributed by atoms with van der Waals surface area (Å²) in [6.45, 7) is 4.49. The molecule has 25 heavy (non-hydrogen) atoms. The van der Waals surface area contributed by atoms with E-state index in [4.69, 9.17) is 0 Å². The zero-order chi connectivity index (χ0) is 17.8. The lowest BCUT2D eigenvalue weighted by atomic mass is 10.1. The predicted octanol–water partition coefficient (Wildman–Crippen LogP) is 3.79. The van der Waals surface area contributed by atoms with Crippen LogP contribution >= 0.6 is 11.3 Å². The normalized spacial score (nSPS) is 16.7. The van der Waals surface area contributed by atoms with Crippen LogP contribution in [0.1, 0.15) is 36.2 Å². The van der Waals surface area contributed by atoms with Gasteiger partial charge < -0.3 is 15.5 Å². The largest absolute Gasteiger partial charge is 0.376 e. The molecule has 1 unspecified atom stereocenters. The van der Waals surface area contributed by atoms with Crippen LogP contribution in [0.25, 0.3) is 0 Å². The highest BCUT2D eigenvalue weighted by Gasteiger charge is 2.30. The van der Waals surface area contributed by atoms with Crippen molar-refractivity contribution in [2.24, 2.45) is 0 Å². The summed E-state index contributed by atoms with van der Waals surface area (Å²) in [5.41, 5.74) is 2.57. The zero-order valence-corrected chi connectivity index (χ0v) is 15.4. The van der Waals surface area contributed by atoms with Gasteiger partial charge in [-0.15, -0.1) is 11.3 Å². The minimum atomic E-state index is -0.104. The van der Waals surface area contributed by atoms with Crippen LogP contribution in [0.2, 0.25) is 0 Å². The van der Waals surface area contributed by atoms with E-state index >= 15 is 0 Å². The predicted molar refractivity (Wildman–Crippen MR) is 102 cm³/mol. The maximum absolute atomic E-state index is 12.7. The van der Waals surface area contributed by atoms with E-state index in [-0.39, 0.29) is 24.4 Å². The highest BCUT2D eigenvalue weighted by Crippen LogP contribution is 2.34. The van der Waals surface area contributed by atoms with Crippen LogP contribution in [-0.4, -0.2) is 29.8 Å². The highest BCUT2D eigenvalue weighted by molar-refractivity contribution is 7.10. The maximum atomic E-state index is 12.7. The van der Waals surface area contributed by atoms with Gasteiger partial charge in [-0.2, -0.15) is 0 Å². The lowest BCUT2D eigenvalue weighted by Gasteiger charge is -2.24. The van der Waals surface area contributed by atoms with Crippen molar-refractivity contribution in [1.82, 2.24) is 4.90 Å². The molecule has 5 nitrogen and oxygen atoms in total. The van der Waals surface area contributed by atoms with E-state index in [1.165, 1.54) is 11.8 Å². The number of carbonyl (C=O) groups excluding carboxylic acids is 2. The molecule has 2 N–H and O–H groups in total. The molecule has 3 rings (SSSR count). The summed E-state index contributed by atoms with van der Waals surface area (Å²) in [6, 6.07) is 10.0. The summed E-state index contributed by atoms with van der Waals surface area (Å²) in [4.78, 5) is 27.2. The first kappa shape index (κ1) is 17.5. The molecule has 1 atom stereocenters. The Hall–Kier alpha value is -2.34.